The van der Waals surface area contributed by atoms with Gasteiger partial charge in [0.25, 0.3) is 5.91 Å². The van der Waals surface area contributed by atoms with E-state index in [0.717, 1.165) is 0 Å². The molecule has 0 aliphatic carbocycles. The van der Waals surface area contributed by atoms with Gasteiger partial charge in [-0.3, -0.25) is 4.79 Å². The Balaban J connectivity index is 3.24. The number of amides is 1. The molecule has 1 amide bonds. The van der Waals surface area contributed by atoms with Crippen LogP contribution < -0.4 is 10.1 Å². The minimum atomic E-state index is -0.178. The lowest BCUT2D eigenvalue weighted by Gasteiger charge is -2.02. The monoisotopic (exact) mass is 183 g/mol. The molecule has 0 bridgehead atoms. The number of aromatic nitrogens is 2. The highest BCUT2D eigenvalue weighted by Crippen LogP contribution is 2.20. The number of methoxy groups -OCH3 is 1. The molecule has 1 aromatic heterocycles. The Bertz CT molecular complexity index is 330. The van der Waals surface area contributed by atoms with Gasteiger partial charge in [0.1, 0.15) is 5.56 Å². The first-order valence-electron chi connectivity index (χ1n) is 3.91. The molecule has 5 heteroatoms. The average molecular weight is 183 g/mol. The summed E-state index contributed by atoms with van der Waals surface area (Å²) in [5.41, 5.74) is 1.16. The van der Waals surface area contributed by atoms with Gasteiger partial charge in [-0.05, 0) is 6.92 Å². The summed E-state index contributed by atoms with van der Waals surface area (Å²) in [5.74, 6) is 0.305. The molecule has 0 aliphatic heterocycles. The van der Waals surface area contributed by atoms with E-state index in [0.29, 0.717) is 17.1 Å². The van der Waals surface area contributed by atoms with Crippen molar-refractivity contribution in [1.82, 2.24) is 15.1 Å². The molecule has 1 aromatic rings. The van der Waals surface area contributed by atoms with Gasteiger partial charge in [-0.1, -0.05) is 0 Å². The lowest BCUT2D eigenvalue weighted by atomic mass is 10.2. The summed E-state index contributed by atoms with van der Waals surface area (Å²) < 4.78 is 6.60. The van der Waals surface area contributed by atoms with E-state index in [1.54, 1.807) is 25.7 Å². The van der Waals surface area contributed by atoms with Crippen molar-refractivity contribution in [1.29, 1.82) is 0 Å². The van der Waals surface area contributed by atoms with Gasteiger partial charge in [0.2, 0.25) is 5.88 Å². The predicted molar refractivity (Wildman–Crippen MR) is 47.9 cm³/mol. The van der Waals surface area contributed by atoms with Crippen LogP contribution in [-0.2, 0) is 7.05 Å². The lowest BCUT2D eigenvalue weighted by Crippen LogP contribution is -2.19. The maximum Gasteiger partial charge on any atom is 0.258 e. The number of hydrogen-bond donors (Lipinski definition) is 1. The van der Waals surface area contributed by atoms with Gasteiger partial charge in [-0.15, -0.1) is 0 Å². The van der Waals surface area contributed by atoms with Gasteiger partial charge in [0, 0.05) is 14.1 Å². The summed E-state index contributed by atoms with van der Waals surface area (Å²) in [5, 5.41) is 6.62. The number of carbonyl (C=O) groups excluding carboxylic acids is 1. The van der Waals surface area contributed by atoms with Crippen LogP contribution in [-0.4, -0.2) is 29.8 Å². The van der Waals surface area contributed by atoms with E-state index in [4.69, 9.17) is 4.74 Å². The molecule has 0 fully saturated rings. The van der Waals surface area contributed by atoms with Crippen molar-refractivity contribution in [2.24, 2.45) is 7.05 Å². The van der Waals surface area contributed by atoms with Crippen molar-refractivity contribution in [3.05, 3.63) is 11.3 Å². The van der Waals surface area contributed by atoms with E-state index < -0.39 is 0 Å². The summed E-state index contributed by atoms with van der Waals surface area (Å²) in [7, 11) is 4.83. The number of rotatable bonds is 2. The minimum Gasteiger partial charge on any atom is -0.481 e. The predicted octanol–water partition coefficient (Wildman–Crippen LogP) is 0.0967. The van der Waals surface area contributed by atoms with Gasteiger partial charge in [0.15, 0.2) is 0 Å². The molecule has 13 heavy (non-hydrogen) atoms. The smallest absolute Gasteiger partial charge is 0.258 e. The zero-order chi connectivity index (χ0) is 10.0. The van der Waals surface area contributed by atoms with Crippen LogP contribution in [0.2, 0.25) is 0 Å². The number of aryl methyl sites for hydroxylation is 2. The summed E-state index contributed by atoms with van der Waals surface area (Å²) in [6.45, 7) is 1.77. The molecule has 1 heterocycles. The third-order valence-corrected chi connectivity index (χ3v) is 1.82. The molecule has 1 N–H and O–H groups in total. The quantitative estimate of drug-likeness (QED) is 0.707. The van der Waals surface area contributed by atoms with E-state index in [1.807, 2.05) is 0 Å². The van der Waals surface area contributed by atoms with Crippen molar-refractivity contribution >= 4 is 5.91 Å². The minimum absolute atomic E-state index is 0.178. The highest BCUT2D eigenvalue weighted by molar-refractivity contribution is 5.97. The second-order valence-electron chi connectivity index (χ2n) is 2.67. The van der Waals surface area contributed by atoms with Crippen LogP contribution in [0.3, 0.4) is 0 Å². The first-order valence-corrected chi connectivity index (χ1v) is 3.91. The van der Waals surface area contributed by atoms with Gasteiger partial charge < -0.3 is 10.1 Å². The highest BCUT2D eigenvalue weighted by Gasteiger charge is 2.19. The Hall–Kier alpha value is -1.52. The van der Waals surface area contributed by atoms with Gasteiger partial charge in [0.05, 0.1) is 12.8 Å². The van der Waals surface area contributed by atoms with Crippen LogP contribution in [0.15, 0.2) is 0 Å². The average Bonchev–Trinajstić information content (AvgIpc) is 2.39. The maximum atomic E-state index is 11.4. The molecule has 0 unspecified atom stereocenters. The van der Waals surface area contributed by atoms with Crippen molar-refractivity contribution in [2.75, 3.05) is 14.2 Å². The van der Waals surface area contributed by atoms with Gasteiger partial charge in [-0.25, -0.2) is 4.68 Å². The standard InChI is InChI=1S/C8H13N3O2/c1-5-6(7(12)9-2)8(13-4)11(3)10-5/h1-4H3,(H,9,12). The topological polar surface area (TPSA) is 56.2 Å². The number of nitrogens with zero attached hydrogens (tertiary/aromatic N) is 2. The highest BCUT2D eigenvalue weighted by atomic mass is 16.5. The molecule has 0 aromatic carbocycles. The van der Waals surface area contributed by atoms with E-state index in [-0.39, 0.29) is 5.91 Å². The lowest BCUT2D eigenvalue weighted by molar-refractivity contribution is 0.0959. The van der Waals surface area contributed by atoms with Crippen molar-refractivity contribution < 1.29 is 9.53 Å². The van der Waals surface area contributed by atoms with Gasteiger partial charge in [-0.2, -0.15) is 5.10 Å². The zero-order valence-corrected chi connectivity index (χ0v) is 8.21. The summed E-state index contributed by atoms with van der Waals surface area (Å²) in [6.07, 6.45) is 0. The van der Waals surface area contributed by atoms with Crippen molar-refractivity contribution in [3.63, 3.8) is 0 Å². The third kappa shape index (κ3) is 1.49. The Morgan fingerprint density at radius 3 is 2.69 bits per heavy atom. The van der Waals surface area contributed by atoms with E-state index in [1.165, 1.54) is 7.11 Å². The normalized spacial score (nSPS) is 9.85. The van der Waals surface area contributed by atoms with Gasteiger partial charge >= 0.3 is 0 Å². The summed E-state index contributed by atoms with van der Waals surface area (Å²) in [6, 6.07) is 0. The largest absolute Gasteiger partial charge is 0.481 e. The summed E-state index contributed by atoms with van der Waals surface area (Å²) >= 11 is 0. The maximum absolute atomic E-state index is 11.4. The molecule has 72 valence electrons. The number of hydrogen-bond acceptors (Lipinski definition) is 3. The first-order chi connectivity index (χ1) is 6.11. The molecule has 0 saturated heterocycles. The Morgan fingerprint density at radius 1 is 1.62 bits per heavy atom. The second kappa shape index (κ2) is 3.47. The molecular formula is C8H13N3O2. The molecule has 0 saturated carbocycles. The molecule has 0 radical (unpaired) electrons. The van der Waals surface area contributed by atoms with Crippen LogP contribution in [0.4, 0.5) is 0 Å². The fourth-order valence-electron chi connectivity index (χ4n) is 1.26. The van der Waals surface area contributed by atoms with Crippen LogP contribution in [0.25, 0.3) is 0 Å². The number of carbonyl (C=O) groups is 1. The molecule has 5 nitrogen and oxygen atoms in total. The number of ether oxygens (including phenoxy) is 1. The fraction of sp³-hybridized carbons (Fsp3) is 0.500. The Labute approximate surface area is 76.7 Å². The molecular weight excluding hydrogens is 170 g/mol. The molecule has 0 atom stereocenters. The first kappa shape index (κ1) is 9.57. The zero-order valence-electron chi connectivity index (χ0n) is 8.21. The van der Waals surface area contributed by atoms with Crippen LogP contribution >= 0.6 is 0 Å². The summed E-state index contributed by atoms with van der Waals surface area (Å²) in [4.78, 5) is 11.4. The fourth-order valence-corrected chi connectivity index (χ4v) is 1.26. The van der Waals surface area contributed by atoms with Crippen LogP contribution in [0, 0.1) is 6.92 Å². The van der Waals surface area contributed by atoms with Crippen molar-refractivity contribution in [2.45, 2.75) is 6.92 Å². The Morgan fingerprint density at radius 2 is 2.23 bits per heavy atom. The molecule has 1 rings (SSSR count). The van der Waals surface area contributed by atoms with Crippen LogP contribution in [0.1, 0.15) is 16.1 Å². The second-order valence-corrected chi connectivity index (χ2v) is 2.67. The van der Waals surface area contributed by atoms with E-state index in [2.05, 4.69) is 10.4 Å². The Kier molecular flexibility index (Phi) is 2.55. The van der Waals surface area contributed by atoms with Crippen molar-refractivity contribution in [3.8, 4) is 5.88 Å². The molecule has 0 spiro atoms. The third-order valence-electron chi connectivity index (χ3n) is 1.82. The van der Waals surface area contributed by atoms with E-state index in [9.17, 15) is 4.79 Å². The van der Waals surface area contributed by atoms with Crippen LogP contribution in [0.5, 0.6) is 5.88 Å². The number of nitrogens with one attached hydrogen (secondary N) is 1. The van der Waals surface area contributed by atoms with E-state index >= 15 is 0 Å². The molecule has 0 aliphatic rings. The SMILES string of the molecule is CNC(=O)c1c(C)nn(C)c1OC.